The molecule has 6 heteroatoms. The third-order valence-electron chi connectivity index (χ3n) is 3.92. The number of carbonyl (C=O) groups excluding carboxylic acids is 2. The Morgan fingerprint density at radius 2 is 2.30 bits per heavy atom. The fourth-order valence-electron chi connectivity index (χ4n) is 2.73. The molecule has 2 unspecified atom stereocenters. The van der Waals surface area contributed by atoms with E-state index in [1.165, 1.54) is 0 Å². The van der Waals surface area contributed by atoms with Crippen LogP contribution in [0.2, 0.25) is 0 Å². The lowest BCUT2D eigenvalue weighted by atomic mass is 10.2. The molecule has 2 heterocycles. The van der Waals surface area contributed by atoms with Gasteiger partial charge in [0.25, 0.3) is 0 Å². The summed E-state index contributed by atoms with van der Waals surface area (Å²) >= 11 is 0. The number of ether oxygens (including phenoxy) is 1. The van der Waals surface area contributed by atoms with Crippen LogP contribution in [-0.4, -0.2) is 66.7 Å². The van der Waals surface area contributed by atoms with Gasteiger partial charge in [-0.15, -0.1) is 0 Å². The van der Waals surface area contributed by atoms with Crippen molar-refractivity contribution in [2.24, 2.45) is 0 Å². The molecule has 6 nitrogen and oxygen atoms in total. The fourth-order valence-corrected chi connectivity index (χ4v) is 2.73. The van der Waals surface area contributed by atoms with Gasteiger partial charge in [-0.3, -0.25) is 4.79 Å². The van der Waals surface area contributed by atoms with Gasteiger partial charge in [0, 0.05) is 38.6 Å². The van der Waals surface area contributed by atoms with Crippen molar-refractivity contribution in [3.05, 3.63) is 0 Å². The molecule has 2 rings (SSSR count). The maximum absolute atomic E-state index is 12.2. The van der Waals surface area contributed by atoms with Crippen LogP contribution in [0.3, 0.4) is 0 Å². The summed E-state index contributed by atoms with van der Waals surface area (Å²) in [5, 5.41) is 2.98. The Labute approximate surface area is 120 Å². The number of amides is 3. The molecule has 2 fully saturated rings. The van der Waals surface area contributed by atoms with Gasteiger partial charge >= 0.3 is 6.03 Å². The zero-order valence-corrected chi connectivity index (χ0v) is 12.4. The Morgan fingerprint density at radius 3 is 2.95 bits per heavy atom. The van der Waals surface area contributed by atoms with Crippen molar-refractivity contribution >= 4 is 11.9 Å². The van der Waals surface area contributed by atoms with Crippen LogP contribution in [0.1, 0.15) is 33.1 Å². The van der Waals surface area contributed by atoms with Crippen LogP contribution in [0.5, 0.6) is 0 Å². The predicted octanol–water partition coefficient (Wildman–Crippen LogP) is 0.818. The number of urea groups is 1. The molecule has 2 saturated heterocycles. The number of nitrogens with zero attached hydrogens (tertiary/aromatic N) is 2. The summed E-state index contributed by atoms with van der Waals surface area (Å²) in [6, 6.07) is -0.0710. The Kier molecular flexibility index (Phi) is 5.23. The molecule has 2 aliphatic heterocycles. The zero-order valence-electron chi connectivity index (χ0n) is 12.4. The van der Waals surface area contributed by atoms with E-state index < -0.39 is 0 Å². The molecule has 1 N–H and O–H groups in total. The first-order chi connectivity index (χ1) is 9.60. The van der Waals surface area contributed by atoms with Crippen molar-refractivity contribution in [1.29, 1.82) is 0 Å². The lowest BCUT2D eigenvalue weighted by Gasteiger charge is -2.33. The first kappa shape index (κ1) is 15.1. The highest BCUT2D eigenvalue weighted by atomic mass is 16.5. The van der Waals surface area contributed by atoms with Gasteiger partial charge in [0.1, 0.15) is 0 Å². The molecule has 3 amide bonds. The smallest absolute Gasteiger partial charge is 0.317 e. The topological polar surface area (TPSA) is 61.9 Å². The Hall–Kier alpha value is -1.30. The number of likely N-dealkylation sites (tertiary alicyclic amines) is 1. The van der Waals surface area contributed by atoms with Gasteiger partial charge in [0.15, 0.2) is 0 Å². The summed E-state index contributed by atoms with van der Waals surface area (Å²) in [6.07, 6.45) is 2.63. The highest BCUT2D eigenvalue weighted by molar-refractivity contribution is 5.78. The second-order valence-corrected chi connectivity index (χ2v) is 5.64. The molecule has 0 aromatic carbocycles. The summed E-state index contributed by atoms with van der Waals surface area (Å²) in [7, 11) is 0. The van der Waals surface area contributed by atoms with E-state index in [1.54, 1.807) is 4.90 Å². The van der Waals surface area contributed by atoms with Crippen LogP contribution < -0.4 is 5.32 Å². The molecule has 0 spiro atoms. The Balaban J connectivity index is 1.76. The third-order valence-corrected chi connectivity index (χ3v) is 3.92. The van der Waals surface area contributed by atoms with E-state index in [0.717, 1.165) is 19.4 Å². The van der Waals surface area contributed by atoms with E-state index in [0.29, 0.717) is 32.7 Å². The fraction of sp³-hybridized carbons (Fsp3) is 0.857. The zero-order chi connectivity index (χ0) is 14.5. The van der Waals surface area contributed by atoms with Gasteiger partial charge in [-0.1, -0.05) is 6.92 Å². The van der Waals surface area contributed by atoms with Gasteiger partial charge in [-0.25, -0.2) is 4.79 Å². The predicted molar refractivity (Wildman–Crippen MR) is 75.4 cm³/mol. The van der Waals surface area contributed by atoms with E-state index in [1.807, 2.05) is 11.8 Å². The van der Waals surface area contributed by atoms with Crippen molar-refractivity contribution in [2.75, 3.05) is 32.8 Å². The molecule has 2 atom stereocenters. The average Bonchev–Trinajstić information content (AvgIpc) is 2.84. The highest BCUT2D eigenvalue weighted by Gasteiger charge is 2.26. The van der Waals surface area contributed by atoms with E-state index in [9.17, 15) is 9.59 Å². The van der Waals surface area contributed by atoms with Gasteiger partial charge in [0.2, 0.25) is 5.91 Å². The van der Waals surface area contributed by atoms with Crippen LogP contribution in [0.15, 0.2) is 0 Å². The number of rotatable bonds is 4. The molecular weight excluding hydrogens is 258 g/mol. The summed E-state index contributed by atoms with van der Waals surface area (Å²) in [5.74, 6) is 0.198. The van der Waals surface area contributed by atoms with Crippen molar-refractivity contribution in [3.63, 3.8) is 0 Å². The van der Waals surface area contributed by atoms with Crippen molar-refractivity contribution in [2.45, 2.75) is 45.3 Å². The monoisotopic (exact) mass is 283 g/mol. The molecule has 0 radical (unpaired) electrons. The van der Waals surface area contributed by atoms with Crippen molar-refractivity contribution in [3.8, 4) is 0 Å². The minimum atomic E-state index is -0.0501. The summed E-state index contributed by atoms with van der Waals surface area (Å²) < 4.78 is 5.56. The van der Waals surface area contributed by atoms with E-state index in [2.05, 4.69) is 12.2 Å². The molecule has 0 aromatic heterocycles. The molecule has 0 saturated carbocycles. The van der Waals surface area contributed by atoms with Crippen LogP contribution in [0.4, 0.5) is 4.79 Å². The van der Waals surface area contributed by atoms with Gasteiger partial charge in [-0.2, -0.15) is 0 Å². The van der Waals surface area contributed by atoms with E-state index >= 15 is 0 Å². The highest BCUT2D eigenvalue weighted by Crippen LogP contribution is 2.11. The average molecular weight is 283 g/mol. The standard InChI is InChI=1S/C14H25N3O3/c1-3-12-10-17(7-8-20-12)14(19)15-11(2)9-16-6-4-5-13(16)18/h11-12H,3-10H2,1-2H3,(H,15,19). The van der Waals surface area contributed by atoms with E-state index in [4.69, 9.17) is 4.74 Å². The van der Waals surface area contributed by atoms with Crippen LogP contribution >= 0.6 is 0 Å². The van der Waals surface area contributed by atoms with Gasteiger partial charge in [-0.05, 0) is 19.8 Å². The maximum Gasteiger partial charge on any atom is 0.317 e. The Morgan fingerprint density at radius 1 is 1.50 bits per heavy atom. The number of morpholine rings is 1. The molecular formula is C14H25N3O3. The van der Waals surface area contributed by atoms with Gasteiger partial charge < -0.3 is 19.9 Å². The van der Waals surface area contributed by atoms with Crippen LogP contribution in [0.25, 0.3) is 0 Å². The van der Waals surface area contributed by atoms with Crippen LogP contribution in [0, 0.1) is 0 Å². The van der Waals surface area contributed by atoms with Gasteiger partial charge in [0.05, 0.1) is 12.7 Å². The first-order valence-corrected chi connectivity index (χ1v) is 7.55. The molecule has 114 valence electrons. The minimum Gasteiger partial charge on any atom is -0.375 e. The number of hydrogen-bond donors (Lipinski definition) is 1. The van der Waals surface area contributed by atoms with Crippen molar-refractivity contribution < 1.29 is 14.3 Å². The molecule has 0 aliphatic carbocycles. The third kappa shape index (κ3) is 3.85. The lowest BCUT2D eigenvalue weighted by molar-refractivity contribution is -0.127. The SMILES string of the molecule is CCC1CN(C(=O)NC(C)CN2CCCC2=O)CCO1. The summed E-state index contributed by atoms with van der Waals surface area (Å²) in [6.45, 7) is 7.32. The quantitative estimate of drug-likeness (QED) is 0.831. The molecule has 0 bridgehead atoms. The first-order valence-electron chi connectivity index (χ1n) is 7.55. The minimum absolute atomic E-state index is 0.0209. The number of nitrogens with one attached hydrogen (secondary N) is 1. The van der Waals surface area contributed by atoms with Crippen molar-refractivity contribution in [1.82, 2.24) is 15.1 Å². The maximum atomic E-state index is 12.2. The molecule has 0 aromatic rings. The normalized spacial score (nSPS) is 24.9. The largest absolute Gasteiger partial charge is 0.375 e. The second-order valence-electron chi connectivity index (χ2n) is 5.64. The Bertz CT molecular complexity index is 362. The second kappa shape index (κ2) is 6.92. The molecule has 2 aliphatic rings. The summed E-state index contributed by atoms with van der Waals surface area (Å²) in [4.78, 5) is 27.4. The van der Waals surface area contributed by atoms with Crippen LogP contribution in [-0.2, 0) is 9.53 Å². The lowest BCUT2D eigenvalue weighted by Crippen LogP contribution is -2.53. The molecule has 20 heavy (non-hydrogen) atoms. The number of hydrogen-bond acceptors (Lipinski definition) is 3. The summed E-state index contributed by atoms with van der Waals surface area (Å²) in [5.41, 5.74) is 0. The number of carbonyl (C=O) groups is 2. The van der Waals surface area contributed by atoms with E-state index in [-0.39, 0.29) is 24.1 Å².